The first-order valence-electron chi connectivity index (χ1n) is 9.07. The van der Waals surface area contributed by atoms with Crippen molar-refractivity contribution >= 4 is 20.5 Å². The predicted octanol–water partition coefficient (Wildman–Crippen LogP) is 6.56. The minimum absolute atomic E-state index is 0.0879. The van der Waals surface area contributed by atoms with Crippen LogP contribution in [0.3, 0.4) is 0 Å². The molecule has 2 fully saturated rings. The maximum absolute atomic E-state index is 9.75. The summed E-state index contributed by atoms with van der Waals surface area (Å²) < 4.78 is 39.0. The van der Waals surface area contributed by atoms with Gasteiger partial charge in [-0.3, -0.25) is 0 Å². The average molecular weight is 360 g/mol. The molecule has 24 heavy (non-hydrogen) atoms. The third-order valence-electron chi connectivity index (χ3n) is 4.93. The van der Waals surface area contributed by atoms with Crippen molar-refractivity contribution in [2.75, 3.05) is 0 Å². The van der Waals surface area contributed by atoms with Crippen LogP contribution in [0.1, 0.15) is 64.2 Å². The van der Waals surface area contributed by atoms with Crippen LogP contribution in [0.5, 0.6) is 0 Å². The van der Waals surface area contributed by atoms with E-state index in [0.717, 1.165) is 11.3 Å². The summed E-state index contributed by atoms with van der Waals surface area (Å²) in [5.74, 6) is 0. The number of benzene rings is 1. The Balaban J connectivity index is 0.000000368. The number of hydrogen-bond acceptors (Lipinski definition) is 0. The van der Waals surface area contributed by atoms with Gasteiger partial charge in [-0.1, -0.05) is 70.7 Å². The van der Waals surface area contributed by atoms with E-state index in [9.17, 15) is 17.3 Å². The Labute approximate surface area is 144 Å². The van der Waals surface area contributed by atoms with Gasteiger partial charge in [0.25, 0.3) is 0 Å². The van der Waals surface area contributed by atoms with Gasteiger partial charge in [-0.25, -0.2) is 0 Å². The molecule has 0 heterocycles. The molecule has 0 nitrogen and oxygen atoms in total. The van der Waals surface area contributed by atoms with E-state index in [4.69, 9.17) is 0 Å². The van der Waals surface area contributed by atoms with Gasteiger partial charge in [0, 0.05) is 0 Å². The molecule has 0 bridgehead atoms. The Bertz CT molecular complexity index is 430. The van der Waals surface area contributed by atoms with Gasteiger partial charge < -0.3 is 17.3 Å². The van der Waals surface area contributed by atoms with E-state index in [2.05, 4.69) is 30.3 Å². The summed E-state index contributed by atoms with van der Waals surface area (Å²) in [5, 5.41) is 1.67. The van der Waals surface area contributed by atoms with Crippen LogP contribution in [0.15, 0.2) is 24.3 Å². The van der Waals surface area contributed by atoms with Crippen molar-refractivity contribution in [1.29, 1.82) is 0 Å². The second-order valence-corrected chi connectivity index (χ2v) is 9.54. The highest BCUT2D eigenvalue weighted by molar-refractivity contribution is 7.67. The van der Waals surface area contributed by atoms with Crippen molar-refractivity contribution in [3.05, 3.63) is 30.3 Å². The Morgan fingerprint density at radius 2 is 1.12 bits per heavy atom. The van der Waals surface area contributed by atoms with Crippen LogP contribution in [0.4, 0.5) is 17.3 Å². The van der Waals surface area contributed by atoms with E-state index in [1.165, 1.54) is 64.2 Å². The molecule has 0 atom stereocenters. The quantitative estimate of drug-likeness (QED) is 0.325. The fraction of sp³-hybridized carbons (Fsp3) is 0.667. The zero-order valence-corrected chi connectivity index (χ0v) is 15.0. The number of halogens is 4. The monoisotopic (exact) mass is 360 g/mol. The lowest BCUT2D eigenvalue weighted by Gasteiger charge is -2.38. The first-order valence-corrected chi connectivity index (χ1v) is 10.5. The van der Waals surface area contributed by atoms with Gasteiger partial charge in [0.1, 0.15) is 0 Å². The molecule has 6 heteroatoms. The molecule has 0 saturated heterocycles. The fourth-order valence-corrected chi connectivity index (χ4v) is 7.76. The molecule has 1 radical (unpaired) electrons. The van der Waals surface area contributed by atoms with Crippen molar-refractivity contribution < 1.29 is 17.3 Å². The van der Waals surface area contributed by atoms with E-state index < -0.39 is 7.25 Å². The lowest BCUT2D eigenvalue weighted by atomic mass is 9.99. The maximum atomic E-state index is 9.75. The first-order chi connectivity index (χ1) is 11.4. The van der Waals surface area contributed by atoms with Crippen LogP contribution in [-0.4, -0.2) is 18.6 Å². The molecule has 1 aromatic rings. The molecule has 2 aliphatic rings. The van der Waals surface area contributed by atoms with Crippen LogP contribution in [-0.2, 0) is 0 Å². The summed E-state index contributed by atoms with van der Waals surface area (Å²) >= 11 is 0. The molecule has 0 spiro atoms. The van der Waals surface area contributed by atoms with Crippen LogP contribution in [0.25, 0.3) is 0 Å². The molecular weight excluding hydrogens is 334 g/mol. The molecule has 0 aliphatic heterocycles. The molecule has 0 amide bonds. The van der Waals surface area contributed by atoms with Crippen LogP contribution < -0.4 is 5.30 Å². The largest absolute Gasteiger partial charge is 0.673 e. The van der Waals surface area contributed by atoms with Crippen LogP contribution in [0.2, 0.25) is 0 Å². The summed E-state index contributed by atoms with van der Waals surface area (Å²) in [6.45, 7) is 0. The number of rotatable bonds is 3. The summed E-state index contributed by atoms with van der Waals surface area (Å²) in [4.78, 5) is 0. The SMILES string of the molecule is F[B-](F)(F)F.[c]1ccc(P(C2CCCCC2)C2CCCCC2)cc1. The lowest BCUT2D eigenvalue weighted by molar-refractivity contribution is 0.368. The summed E-state index contributed by atoms with van der Waals surface area (Å²) in [5.41, 5.74) is 2.04. The van der Waals surface area contributed by atoms with Gasteiger partial charge in [-0.15, -0.1) is 0 Å². The molecule has 0 unspecified atom stereocenters. The molecule has 0 aromatic heterocycles. The minimum Gasteiger partial charge on any atom is -0.418 e. The third-order valence-corrected chi connectivity index (χ3v) is 8.44. The zero-order valence-electron chi connectivity index (χ0n) is 14.1. The normalized spacial score (nSPS) is 20.5. The van der Waals surface area contributed by atoms with Gasteiger partial charge >= 0.3 is 7.25 Å². The molecular formula is C18H26BF4P-. The molecule has 3 rings (SSSR count). The first kappa shape index (κ1) is 19.8. The Kier molecular flexibility index (Phi) is 8.07. The Morgan fingerprint density at radius 3 is 1.50 bits per heavy atom. The Hall–Kier alpha value is -0.565. The van der Waals surface area contributed by atoms with E-state index >= 15 is 0 Å². The van der Waals surface area contributed by atoms with Crippen molar-refractivity contribution in [3.63, 3.8) is 0 Å². The van der Waals surface area contributed by atoms with Crippen molar-refractivity contribution in [1.82, 2.24) is 0 Å². The van der Waals surface area contributed by atoms with Gasteiger partial charge in [0.2, 0.25) is 0 Å². The highest BCUT2D eigenvalue weighted by Gasteiger charge is 2.31. The summed E-state index contributed by atoms with van der Waals surface area (Å²) in [7, 11) is -5.91. The van der Waals surface area contributed by atoms with Gasteiger partial charge in [-0.2, -0.15) is 0 Å². The van der Waals surface area contributed by atoms with Crippen LogP contribution in [0, 0.1) is 6.07 Å². The van der Waals surface area contributed by atoms with E-state index in [1.54, 1.807) is 5.30 Å². The van der Waals surface area contributed by atoms with Gasteiger partial charge in [0.15, 0.2) is 0 Å². The second kappa shape index (κ2) is 9.80. The second-order valence-electron chi connectivity index (χ2n) is 6.74. The topological polar surface area (TPSA) is 0 Å². The molecule has 0 N–H and O–H groups in total. The van der Waals surface area contributed by atoms with Crippen LogP contribution >= 0.6 is 7.92 Å². The highest BCUT2D eigenvalue weighted by atomic mass is 31.1. The van der Waals surface area contributed by atoms with Gasteiger partial charge in [-0.05, 0) is 48.4 Å². The number of hydrogen-bond donors (Lipinski definition) is 0. The minimum atomic E-state index is -6.00. The highest BCUT2D eigenvalue weighted by Crippen LogP contribution is 2.54. The average Bonchev–Trinajstić information content (AvgIpc) is 2.57. The zero-order chi connectivity index (χ0) is 17.4. The van der Waals surface area contributed by atoms with Crippen molar-refractivity contribution in [2.45, 2.75) is 75.5 Å². The fourth-order valence-electron chi connectivity index (χ4n) is 3.99. The predicted molar refractivity (Wildman–Crippen MR) is 95.8 cm³/mol. The van der Waals surface area contributed by atoms with Gasteiger partial charge in [0.05, 0.1) is 0 Å². The molecule has 1 aromatic carbocycles. The molecule has 2 aliphatic carbocycles. The standard InChI is InChI=1S/C18H26P.BF4/c1-4-10-16(11-5-1)19(17-12-6-2-7-13-17)18-14-8-3-9-15-18;2-1(3,4)5/h8-9,14-17H,1-2,4-7,10-13H2;/q;-1. The Morgan fingerprint density at radius 1 is 0.750 bits per heavy atom. The molecule has 2 saturated carbocycles. The smallest absolute Gasteiger partial charge is 0.418 e. The lowest BCUT2D eigenvalue weighted by Crippen LogP contribution is -2.26. The van der Waals surface area contributed by atoms with E-state index in [1.807, 2.05) is 0 Å². The maximum Gasteiger partial charge on any atom is 0.673 e. The summed E-state index contributed by atoms with van der Waals surface area (Å²) in [6, 6.07) is 12.2. The van der Waals surface area contributed by atoms with E-state index in [-0.39, 0.29) is 7.92 Å². The molecule has 135 valence electrons. The third kappa shape index (κ3) is 7.13. The summed E-state index contributed by atoms with van der Waals surface area (Å²) in [6.07, 6.45) is 14.9. The van der Waals surface area contributed by atoms with Crippen molar-refractivity contribution in [3.8, 4) is 0 Å². The van der Waals surface area contributed by atoms with E-state index in [0.29, 0.717) is 0 Å². The van der Waals surface area contributed by atoms with Crippen molar-refractivity contribution in [2.24, 2.45) is 0 Å².